The fraction of sp³-hybridized carbons (Fsp3) is 0.389. The lowest BCUT2D eigenvalue weighted by molar-refractivity contribution is -0.142. The minimum Gasteiger partial charge on any atom is -0.481 e. The third kappa shape index (κ3) is 3.85. The molecule has 136 valence electrons. The lowest BCUT2D eigenvalue weighted by Crippen LogP contribution is -2.42. The molecule has 3 heterocycles. The molecule has 0 spiro atoms. The van der Waals surface area contributed by atoms with E-state index in [1.165, 1.54) is 11.1 Å². The van der Waals surface area contributed by atoms with Crippen LogP contribution in [0.5, 0.6) is 0 Å². The number of hydrogen-bond acceptors (Lipinski definition) is 6. The Hall–Kier alpha value is -2.87. The highest BCUT2D eigenvalue weighted by Crippen LogP contribution is 2.20. The average Bonchev–Trinajstić information content (AvgIpc) is 2.84. The highest BCUT2D eigenvalue weighted by molar-refractivity contribution is 5.95. The van der Waals surface area contributed by atoms with Crippen LogP contribution in [-0.2, 0) is 4.79 Å². The van der Waals surface area contributed by atoms with Gasteiger partial charge in [-0.2, -0.15) is 0 Å². The molecule has 3 rings (SSSR count). The maximum absolute atomic E-state index is 12.9. The number of carbonyl (C=O) groups is 2. The molecule has 1 saturated heterocycles. The quantitative estimate of drug-likeness (QED) is 0.845. The van der Waals surface area contributed by atoms with Crippen molar-refractivity contribution in [3.05, 3.63) is 42.0 Å². The monoisotopic (exact) mass is 355 g/mol. The van der Waals surface area contributed by atoms with Crippen LogP contribution in [0, 0.1) is 12.8 Å². The van der Waals surface area contributed by atoms with E-state index in [1.54, 1.807) is 25.4 Å². The summed E-state index contributed by atoms with van der Waals surface area (Å²) in [5.74, 6) is -1.31. The first-order chi connectivity index (χ1) is 12.5. The van der Waals surface area contributed by atoms with E-state index in [0.29, 0.717) is 36.5 Å². The molecule has 1 amide bonds. The number of aromatic nitrogens is 3. The normalized spacial score (nSPS) is 20.5. The van der Waals surface area contributed by atoms with E-state index < -0.39 is 11.9 Å². The summed E-state index contributed by atoms with van der Waals surface area (Å²) in [6.45, 7) is 2.21. The molecule has 8 nitrogen and oxygen atoms in total. The second-order valence-corrected chi connectivity index (χ2v) is 6.52. The van der Waals surface area contributed by atoms with Crippen LogP contribution in [0.4, 0.5) is 0 Å². The number of carboxylic acid groups (broad SMARTS) is 1. The minimum absolute atomic E-state index is 0.145. The van der Waals surface area contributed by atoms with Crippen LogP contribution in [0.2, 0.25) is 0 Å². The highest BCUT2D eigenvalue weighted by atomic mass is 16.4. The number of nitrogens with two attached hydrogens (primary N) is 1. The molecule has 3 N–H and O–H groups in total. The molecular formula is C18H21N5O3. The molecule has 0 aromatic carbocycles. The first-order valence-electron chi connectivity index (χ1n) is 8.47. The van der Waals surface area contributed by atoms with Gasteiger partial charge in [0.25, 0.3) is 5.91 Å². The van der Waals surface area contributed by atoms with Gasteiger partial charge in [0.1, 0.15) is 0 Å². The van der Waals surface area contributed by atoms with Crippen molar-refractivity contribution in [2.24, 2.45) is 11.7 Å². The highest BCUT2D eigenvalue weighted by Gasteiger charge is 2.30. The van der Waals surface area contributed by atoms with Crippen molar-refractivity contribution in [3.63, 3.8) is 0 Å². The van der Waals surface area contributed by atoms with Crippen LogP contribution in [0.1, 0.15) is 28.9 Å². The number of hydrogen-bond donors (Lipinski definition) is 2. The summed E-state index contributed by atoms with van der Waals surface area (Å²) in [4.78, 5) is 38.5. The number of aryl methyl sites for hydroxylation is 1. The number of nitrogens with zero attached hydrogens (tertiary/aromatic N) is 4. The first kappa shape index (κ1) is 17.9. The van der Waals surface area contributed by atoms with Crippen molar-refractivity contribution >= 4 is 11.9 Å². The molecule has 0 saturated carbocycles. The Bertz CT molecular complexity index is 812. The summed E-state index contributed by atoms with van der Waals surface area (Å²) in [6, 6.07) is 3.39. The molecule has 2 aromatic rings. The SMILES string of the molecule is Cc1nc(-c2cccnc2)ncc1C(=O)N1C[C@H](N)CC[C@H](C(=O)O)C1. The summed E-state index contributed by atoms with van der Waals surface area (Å²) in [5.41, 5.74) is 7.67. The molecule has 0 aliphatic carbocycles. The average molecular weight is 355 g/mol. The van der Waals surface area contributed by atoms with Crippen LogP contribution in [-0.4, -0.2) is 56.0 Å². The molecular weight excluding hydrogens is 334 g/mol. The van der Waals surface area contributed by atoms with Crippen molar-refractivity contribution in [3.8, 4) is 11.4 Å². The number of amides is 1. The standard InChI is InChI=1S/C18H21N5O3/c1-11-15(8-21-16(22-11)12-3-2-6-20-7-12)17(24)23-9-13(18(25)26)4-5-14(19)10-23/h2-3,6-8,13-14H,4-5,9-10,19H2,1H3,(H,25,26)/t13-,14+/m0/s1. The third-order valence-corrected chi connectivity index (χ3v) is 4.55. The van der Waals surface area contributed by atoms with Crippen molar-refractivity contribution < 1.29 is 14.7 Å². The van der Waals surface area contributed by atoms with Gasteiger partial charge in [0.05, 0.1) is 17.2 Å². The van der Waals surface area contributed by atoms with E-state index in [0.717, 1.165) is 5.56 Å². The summed E-state index contributed by atoms with van der Waals surface area (Å²) < 4.78 is 0. The fourth-order valence-electron chi connectivity index (χ4n) is 3.07. The Balaban J connectivity index is 1.85. The number of rotatable bonds is 3. The van der Waals surface area contributed by atoms with Crippen LogP contribution in [0.25, 0.3) is 11.4 Å². The Morgan fingerprint density at radius 3 is 2.73 bits per heavy atom. The van der Waals surface area contributed by atoms with Gasteiger partial charge >= 0.3 is 5.97 Å². The number of carbonyl (C=O) groups excluding carboxylic acids is 1. The van der Waals surface area contributed by atoms with Crippen molar-refractivity contribution in [2.75, 3.05) is 13.1 Å². The lowest BCUT2D eigenvalue weighted by Gasteiger charge is -2.24. The van der Waals surface area contributed by atoms with Gasteiger partial charge in [-0.1, -0.05) is 0 Å². The summed E-state index contributed by atoms with van der Waals surface area (Å²) in [6.07, 6.45) is 5.85. The van der Waals surface area contributed by atoms with Gasteiger partial charge in [-0.25, -0.2) is 9.97 Å². The number of pyridine rings is 1. The van der Waals surface area contributed by atoms with Gasteiger partial charge < -0.3 is 15.7 Å². The second kappa shape index (κ2) is 7.57. The molecule has 2 atom stereocenters. The van der Waals surface area contributed by atoms with Crippen molar-refractivity contribution in [1.82, 2.24) is 19.9 Å². The number of carboxylic acids is 1. The Kier molecular flexibility index (Phi) is 5.22. The van der Waals surface area contributed by atoms with Gasteiger partial charge in [-0.05, 0) is 31.9 Å². The van der Waals surface area contributed by atoms with Gasteiger partial charge in [0.15, 0.2) is 5.82 Å². The lowest BCUT2D eigenvalue weighted by atomic mass is 10.0. The predicted molar refractivity (Wildman–Crippen MR) is 94.2 cm³/mol. The zero-order valence-corrected chi connectivity index (χ0v) is 14.5. The maximum Gasteiger partial charge on any atom is 0.308 e. The molecule has 26 heavy (non-hydrogen) atoms. The van der Waals surface area contributed by atoms with Crippen LogP contribution in [0.15, 0.2) is 30.7 Å². The topological polar surface area (TPSA) is 122 Å². The molecule has 0 bridgehead atoms. The summed E-state index contributed by atoms with van der Waals surface area (Å²) in [7, 11) is 0. The summed E-state index contributed by atoms with van der Waals surface area (Å²) >= 11 is 0. The van der Waals surface area contributed by atoms with Crippen molar-refractivity contribution in [2.45, 2.75) is 25.8 Å². The largest absolute Gasteiger partial charge is 0.481 e. The molecule has 8 heteroatoms. The van der Waals surface area contributed by atoms with Crippen molar-refractivity contribution in [1.29, 1.82) is 0 Å². The fourth-order valence-corrected chi connectivity index (χ4v) is 3.07. The third-order valence-electron chi connectivity index (χ3n) is 4.55. The first-order valence-corrected chi connectivity index (χ1v) is 8.47. The molecule has 1 fully saturated rings. The number of aliphatic carboxylic acids is 1. The second-order valence-electron chi connectivity index (χ2n) is 6.52. The van der Waals surface area contributed by atoms with E-state index in [-0.39, 0.29) is 18.5 Å². The van der Waals surface area contributed by atoms with E-state index in [9.17, 15) is 14.7 Å². The Morgan fingerprint density at radius 2 is 2.08 bits per heavy atom. The van der Waals surface area contributed by atoms with Gasteiger partial charge in [-0.15, -0.1) is 0 Å². The smallest absolute Gasteiger partial charge is 0.308 e. The molecule has 1 aliphatic rings. The Labute approximate surface area is 151 Å². The maximum atomic E-state index is 12.9. The van der Waals surface area contributed by atoms with Crippen LogP contribution < -0.4 is 5.73 Å². The zero-order chi connectivity index (χ0) is 18.7. The van der Waals surface area contributed by atoms with E-state index in [2.05, 4.69) is 15.0 Å². The van der Waals surface area contributed by atoms with Crippen LogP contribution in [0.3, 0.4) is 0 Å². The zero-order valence-electron chi connectivity index (χ0n) is 14.5. The van der Waals surface area contributed by atoms with Crippen LogP contribution >= 0.6 is 0 Å². The Morgan fingerprint density at radius 1 is 1.27 bits per heavy atom. The van der Waals surface area contributed by atoms with E-state index >= 15 is 0 Å². The molecule has 2 aromatic heterocycles. The predicted octanol–water partition coefficient (Wildman–Crippen LogP) is 1.11. The summed E-state index contributed by atoms with van der Waals surface area (Å²) in [5, 5.41) is 9.33. The van der Waals surface area contributed by atoms with E-state index in [1.807, 2.05) is 6.07 Å². The molecule has 1 aliphatic heterocycles. The van der Waals surface area contributed by atoms with Gasteiger partial charge in [0, 0.05) is 43.3 Å². The minimum atomic E-state index is -0.906. The molecule has 0 unspecified atom stereocenters. The van der Waals surface area contributed by atoms with E-state index in [4.69, 9.17) is 5.73 Å². The molecule has 0 radical (unpaired) electrons. The van der Waals surface area contributed by atoms with Gasteiger partial charge in [-0.3, -0.25) is 14.6 Å². The van der Waals surface area contributed by atoms with Gasteiger partial charge in [0.2, 0.25) is 0 Å². The number of likely N-dealkylation sites (tertiary alicyclic amines) is 1.